The van der Waals surface area contributed by atoms with E-state index < -0.39 is 5.82 Å². The zero-order valence-corrected chi connectivity index (χ0v) is 15.4. The lowest BCUT2D eigenvalue weighted by molar-refractivity contribution is -0.127. The lowest BCUT2D eigenvalue weighted by Gasteiger charge is -2.17. The van der Waals surface area contributed by atoms with Crippen molar-refractivity contribution in [2.24, 2.45) is 0 Å². The molecule has 0 heterocycles. The lowest BCUT2D eigenvalue weighted by Crippen LogP contribution is -2.27. The van der Waals surface area contributed by atoms with E-state index in [4.69, 9.17) is 4.74 Å². The molecule has 0 saturated heterocycles. The summed E-state index contributed by atoms with van der Waals surface area (Å²) in [5, 5.41) is 0. The Labute approximate surface area is 152 Å². The Kier molecular flexibility index (Phi) is 5.63. The number of fused-ring (bicyclic) bond motifs is 1. The van der Waals surface area contributed by atoms with Crippen molar-refractivity contribution in [1.82, 2.24) is 4.90 Å². The molecule has 1 amide bonds. The number of aryl methyl sites for hydroxylation is 2. The van der Waals surface area contributed by atoms with Crippen molar-refractivity contribution in [2.45, 2.75) is 30.7 Å². The molecule has 1 aliphatic carbocycles. The van der Waals surface area contributed by atoms with Crippen LogP contribution in [0.15, 0.2) is 41.3 Å². The number of ether oxygens (including phenoxy) is 1. The highest BCUT2D eigenvalue weighted by Gasteiger charge is 2.14. The molecule has 0 aromatic heterocycles. The normalized spacial score (nSPS) is 12.8. The molecule has 3 nitrogen and oxygen atoms in total. The zero-order valence-electron chi connectivity index (χ0n) is 14.5. The second kappa shape index (κ2) is 7.91. The van der Waals surface area contributed by atoms with Gasteiger partial charge in [-0.2, -0.15) is 0 Å². The first-order chi connectivity index (χ1) is 12.1. The fourth-order valence-electron chi connectivity index (χ4n) is 3.06. The third kappa shape index (κ3) is 4.34. The van der Waals surface area contributed by atoms with Crippen LogP contribution in [0.4, 0.5) is 4.39 Å². The number of thioether (sulfide) groups is 1. The number of amides is 1. The summed E-state index contributed by atoms with van der Waals surface area (Å²) in [5.41, 5.74) is 3.60. The van der Waals surface area contributed by atoms with E-state index in [9.17, 15) is 9.18 Å². The van der Waals surface area contributed by atoms with E-state index in [-0.39, 0.29) is 11.7 Å². The first-order valence-corrected chi connectivity index (χ1v) is 9.36. The van der Waals surface area contributed by atoms with E-state index in [0.29, 0.717) is 12.3 Å². The Bertz CT molecular complexity index is 778. The number of rotatable bonds is 6. The number of carbonyl (C=O) groups is 1. The topological polar surface area (TPSA) is 29.5 Å². The van der Waals surface area contributed by atoms with Crippen LogP contribution in [0, 0.1) is 5.82 Å². The van der Waals surface area contributed by atoms with Crippen LogP contribution in [-0.4, -0.2) is 30.7 Å². The van der Waals surface area contributed by atoms with Crippen LogP contribution in [0.25, 0.3) is 0 Å². The van der Waals surface area contributed by atoms with E-state index >= 15 is 0 Å². The van der Waals surface area contributed by atoms with Crippen molar-refractivity contribution < 1.29 is 13.9 Å². The molecular weight excluding hydrogens is 337 g/mol. The zero-order chi connectivity index (χ0) is 17.8. The summed E-state index contributed by atoms with van der Waals surface area (Å²) < 4.78 is 18.7. The number of hydrogen-bond donors (Lipinski definition) is 0. The number of carbonyl (C=O) groups excluding carboxylic acids is 1. The average molecular weight is 359 g/mol. The van der Waals surface area contributed by atoms with Crippen LogP contribution in [0.3, 0.4) is 0 Å². The first-order valence-electron chi connectivity index (χ1n) is 8.38. The van der Waals surface area contributed by atoms with Crippen LogP contribution in [0.1, 0.15) is 23.1 Å². The molecule has 25 heavy (non-hydrogen) atoms. The van der Waals surface area contributed by atoms with Gasteiger partial charge in [0.15, 0.2) is 11.6 Å². The van der Waals surface area contributed by atoms with E-state index in [1.165, 1.54) is 37.1 Å². The summed E-state index contributed by atoms with van der Waals surface area (Å²) in [6.45, 7) is 0.379. The summed E-state index contributed by atoms with van der Waals surface area (Å²) in [6, 6.07) is 11.3. The molecule has 0 saturated carbocycles. The van der Waals surface area contributed by atoms with Crippen LogP contribution < -0.4 is 4.74 Å². The van der Waals surface area contributed by atoms with Gasteiger partial charge in [-0.15, -0.1) is 11.8 Å². The Hall–Kier alpha value is -2.01. The molecule has 5 heteroatoms. The standard InChI is InChI=1S/C20H22FNO2S/c1-22(12-14-6-9-19(24-2)18(21)10-14)20(23)13-25-17-8-7-15-4-3-5-16(15)11-17/h6-11H,3-5,12-13H2,1-2H3. The van der Waals surface area contributed by atoms with E-state index in [0.717, 1.165) is 16.9 Å². The first kappa shape index (κ1) is 17.8. The molecule has 132 valence electrons. The van der Waals surface area contributed by atoms with Gasteiger partial charge in [0.1, 0.15) is 0 Å². The van der Waals surface area contributed by atoms with E-state index in [2.05, 4.69) is 18.2 Å². The van der Waals surface area contributed by atoms with Crippen molar-refractivity contribution >= 4 is 17.7 Å². The number of hydrogen-bond acceptors (Lipinski definition) is 3. The van der Waals surface area contributed by atoms with Gasteiger partial charge in [-0.05, 0) is 60.2 Å². The molecule has 2 aromatic carbocycles. The minimum atomic E-state index is -0.409. The van der Waals surface area contributed by atoms with Gasteiger partial charge in [0, 0.05) is 18.5 Å². The predicted octanol–water partition coefficient (Wildman–Crippen LogP) is 4.07. The smallest absolute Gasteiger partial charge is 0.232 e. The Morgan fingerprint density at radius 3 is 2.76 bits per heavy atom. The molecule has 1 aliphatic rings. The Morgan fingerprint density at radius 2 is 2.00 bits per heavy atom. The molecule has 3 rings (SSSR count). The van der Waals surface area contributed by atoms with Crippen molar-refractivity contribution in [3.05, 3.63) is 58.9 Å². The molecule has 0 radical (unpaired) electrons. The highest BCUT2D eigenvalue weighted by atomic mass is 32.2. The fraction of sp³-hybridized carbons (Fsp3) is 0.350. The maximum absolute atomic E-state index is 13.7. The number of benzene rings is 2. The van der Waals surface area contributed by atoms with Gasteiger partial charge in [0.2, 0.25) is 5.91 Å². The molecule has 0 spiro atoms. The maximum Gasteiger partial charge on any atom is 0.232 e. The summed E-state index contributed by atoms with van der Waals surface area (Å²) >= 11 is 1.56. The second-order valence-electron chi connectivity index (χ2n) is 6.29. The summed E-state index contributed by atoms with van der Waals surface area (Å²) in [5.74, 6) is 0.216. The minimum Gasteiger partial charge on any atom is -0.494 e. The Morgan fingerprint density at radius 1 is 1.20 bits per heavy atom. The van der Waals surface area contributed by atoms with E-state index in [1.54, 1.807) is 35.8 Å². The molecule has 0 fully saturated rings. The number of nitrogens with zero attached hydrogens (tertiary/aromatic N) is 1. The van der Waals surface area contributed by atoms with Gasteiger partial charge >= 0.3 is 0 Å². The van der Waals surface area contributed by atoms with Crippen molar-refractivity contribution in [1.29, 1.82) is 0 Å². The van der Waals surface area contributed by atoms with Gasteiger partial charge in [-0.1, -0.05) is 12.1 Å². The predicted molar refractivity (Wildman–Crippen MR) is 98.6 cm³/mol. The monoisotopic (exact) mass is 359 g/mol. The van der Waals surface area contributed by atoms with Crippen LogP contribution >= 0.6 is 11.8 Å². The largest absolute Gasteiger partial charge is 0.494 e. The summed E-state index contributed by atoms with van der Waals surface area (Å²) in [4.78, 5) is 15.1. The highest BCUT2D eigenvalue weighted by molar-refractivity contribution is 8.00. The van der Waals surface area contributed by atoms with Gasteiger partial charge in [-0.25, -0.2) is 4.39 Å². The lowest BCUT2D eigenvalue weighted by atomic mass is 10.1. The average Bonchev–Trinajstić information content (AvgIpc) is 3.07. The number of halogens is 1. The maximum atomic E-state index is 13.7. The third-order valence-corrected chi connectivity index (χ3v) is 5.47. The van der Waals surface area contributed by atoms with E-state index in [1.807, 2.05) is 0 Å². The molecule has 2 aromatic rings. The highest BCUT2D eigenvalue weighted by Crippen LogP contribution is 2.27. The van der Waals surface area contributed by atoms with Crippen LogP contribution in [-0.2, 0) is 24.2 Å². The molecule has 0 atom stereocenters. The molecule has 0 N–H and O–H groups in total. The Balaban J connectivity index is 1.55. The van der Waals surface area contributed by atoms with Gasteiger partial charge in [0.25, 0.3) is 0 Å². The van der Waals surface area contributed by atoms with Crippen LogP contribution in [0.2, 0.25) is 0 Å². The van der Waals surface area contributed by atoms with Gasteiger partial charge in [0.05, 0.1) is 12.9 Å². The minimum absolute atomic E-state index is 0.0294. The summed E-state index contributed by atoms with van der Waals surface area (Å²) in [7, 11) is 3.18. The van der Waals surface area contributed by atoms with Crippen LogP contribution in [0.5, 0.6) is 5.75 Å². The molecule has 0 bridgehead atoms. The molecular formula is C20H22FNO2S. The fourth-order valence-corrected chi connectivity index (χ4v) is 3.96. The second-order valence-corrected chi connectivity index (χ2v) is 7.34. The van der Waals surface area contributed by atoms with Crippen molar-refractivity contribution in [3.63, 3.8) is 0 Å². The quantitative estimate of drug-likeness (QED) is 0.728. The molecule has 0 aliphatic heterocycles. The van der Waals surface area contributed by atoms with Crippen molar-refractivity contribution in [2.75, 3.05) is 19.9 Å². The number of methoxy groups -OCH3 is 1. The molecule has 0 unspecified atom stereocenters. The van der Waals surface area contributed by atoms with Gasteiger partial charge < -0.3 is 9.64 Å². The SMILES string of the molecule is COc1ccc(CN(C)C(=O)CSc2ccc3c(c2)CCC3)cc1F. The third-order valence-electron chi connectivity index (χ3n) is 4.49. The van der Waals surface area contributed by atoms with Crippen molar-refractivity contribution in [3.8, 4) is 5.75 Å². The van der Waals surface area contributed by atoms with Gasteiger partial charge in [-0.3, -0.25) is 4.79 Å². The summed E-state index contributed by atoms with van der Waals surface area (Å²) in [6.07, 6.45) is 3.53.